The van der Waals surface area contributed by atoms with Crippen molar-refractivity contribution in [1.82, 2.24) is 15.5 Å². The van der Waals surface area contributed by atoms with Crippen LogP contribution in [0.2, 0.25) is 0 Å². The van der Waals surface area contributed by atoms with Crippen LogP contribution in [0.4, 0.5) is 4.79 Å². The van der Waals surface area contributed by atoms with E-state index in [1.807, 2.05) is 0 Å². The van der Waals surface area contributed by atoms with Gasteiger partial charge in [-0.1, -0.05) is 0 Å². The first-order valence-electron chi connectivity index (χ1n) is 4.79. The van der Waals surface area contributed by atoms with Crippen LogP contribution in [0.3, 0.4) is 0 Å². The second-order valence-corrected chi connectivity index (χ2v) is 3.61. The molecule has 3 N–H and O–H groups in total. The van der Waals surface area contributed by atoms with Gasteiger partial charge in [0.2, 0.25) is 5.91 Å². The lowest BCUT2D eigenvalue weighted by Gasteiger charge is -2.14. The number of amides is 3. The maximum atomic E-state index is 11.2. The molecule has 1 unspecified atom stereocenters. The van der Waals surface area contributed by atoms with E-state index in [1.54, 1.807) is 21.0 Å². The molecule has 0 fully saturated rings. The fourth-order valence-electron chi connectivity index (χ4n) is 0.902. The highest BCUT2D eigenvalue weighted by Crippen LogP contribution is 1.89. The molecule has 0 aromatic rings. The van der Waals surface area contributed by atoms with Crippen LogP contribution in [0.1, 0.15) is 13.3 Å². The number of hydrogen-bond donors (Lipinski definition) is 3. The fourth-order valence-corrected chi connectivity index (χ4v) is 0.902. The lowest BCUT2D eigenvalue weighted by molar-refractivity contribution is -0.137. The highest BCUT2D eigenvalue weighted by molar-refractivity contribution is 5.83. The summed E-state index contributed by atoms with van der Waals surface area (Å²) < 4.78 is 0. The first-order valence-corrected chi connectivity index (χ1v) is 4.79. The zero-order valence-corrected chi connectivity index (χ0v) is 9.61. The molecular weight excluding hydrogens is 214 g/mol. The zero-order valence-electron chi connectivity index (χ0n) is 9.61. The molecule has 0 aromatic heterocycles. The van der Waals surface area contributed by atoms with E-state index in [0.29, 0.717) is 0 Å². The van der Waals surface area contributed by atoms with Gasteiger partial charge in [0.15, 0.2) is 0 Å². The zero-order chi connectivity index (χ0) is 12.7. The number of carboxylic acids is 1. The number of hydrogen-bond acceptors (Lipinski definition) is 3. The number of nitrogens with one attached hydrogen (secondary N) is 2. The van der Waals surface area contributed by atoms with Crippen LogP contribution >= 0.6 is 0 Å². The van der Waals surface area contributed by atoms with Crippen LogP contribution in [0, 0.1) is 0 Å². The van der Waals surface area contributed by atoms with Crippen molar-refractivity contribution in [2.75, 3.05) is 20.6 Å². The second-order valence-electron chi connectivity index (χ2n) is 3.61. The summed E-state index contributed by atoms with van der Waals surface area (Å²) in [7, 11) is 3.16. The fraction of sp³-hybridized carbons (Fsp3) is 0.667. The average Bonchev–Trinajstić information content (AvgIpc) is 2.12. The number of carboxylic acid groups (broad SMARTS) is 1. The van der Waals surface area contributed by atoms with Gasteiger partial charge in [0.05, 0.1) is 13.0 Å². The van der Waals surface area contributed by atoms with Gasteiger partial charge in [0.25, 0.3) is 0 Å². The van der Waals surface area contributed by atoms with Gasteiger partial charge in [0.1, 0.15) is 0 Å². The summed E-state index contributed by atoms with van der Waals surface area (Å²) in [6, 6.07) is -1.03. The third-order valence-corrected chi connectivity index (χ3v) is 1.76. The monoisotopic (exact) mass is 231 g/mol. The first-order chi connectivity index (χ1) is 7.32. The lowest BCUT2D eigenvalue weighted by atomic mass is 10.2. The van der Waals surface area contributed by atoms with Crippen molar-refractivity contribution in [2.45, 2.75) is 19.4 Å². The van der Waals surface area contributed by atoms with Crippen molar-refractivity contribution in [1.29, 1.82) is 0 Å². The summed E-state index contributed by atoms with van der Waals surface area (Å²) >= 11 is 0. The molecule has 0 bridgehead atoms. The first kappa shape index (κ1) is 14.2. The molecule has 7 nitrogen and oxygen atoms in total. The summed E-state index contributed by atoms with van der Waals surface area (Å²) in [6.45, 7) is 1.46. The molecule has 0 radical (unpaired) electrons. The molecule has 7 heteroatoms. The molecule has 0 aliphatic carbocycles. The van der Waals surface area contributed by atoms with Gasteiger partial charge in [-0.25, -0.2) is 4.79 Å². The molecule has 0 spiro atoms. The Hall–Kier alpha value is -1.79. The molecule has 1 atom stereocenters. The van der Waals surface area contributed by atoms with Gasteiger partial charge in [-0.2, -0.15) is 0 Å². The Balaban J connectivity index is 3.82. The number of carbonyl (C=O) groups excluding carboxylic acids is 2. The van der Waals surface area contributed by atoms with E-state index in [-0.39, 0.29) is 18.9 Å². The minimum Gasteiger partial charge on any atom is -0.481 e. The highest BCUT2D eigenvalue weighted by atomic mass is 16.4. The number of likely N-dealkylation sites (N-methyl/N-ethyl adjacent to an activating group) is 1. The number of urea groups is 1. The van der Waals surface area contributed by atoms with Crippen molar-refractivity contribution in [2.24, 2.45) is 0 Å². The largest absolute Gasteiger partial charge is 0.481 e. The predicted octanol–water partition coefficient (Wildman–Crippen LogP) is -0.763. The van der Waals surface area contributed by atoms with E-state index in [4.69, 9.17) is 5.11 Å². The summed E-state index contributed by atoms with van der Waals surface area (Å²) in [5, 5.41) is 13.2. The summed E-state index contributed by atoms with van der Waals surface area (Å²) in [5.41, 5.74) is 0. The SMILES string of the molecule is CC(CC(=O)O)NC(=O)NCC(=O)N(C)C. The topological polar surface area (TPSA) is 98.7 Å². The molecule has 0 saturated carbocycles. The highest BCUT2D eigenvalue weighted by Gasteiger charge is 2.11. The van der Waals surface area contributed by atoms with Crippen LogP contribution < -0.4 is 10.6 Å². The van der Waals surface area contributed by atoms with Crippen molar-refractivity contribution in [3.8, 4) is 0 Å². The van der Waals surface area contributed by atoms with E-state index in [2.05, 4.69) is 10.6 Å². The van der Waals surface area contributed by atoms with Crippen molar-refractivity contribution < 1.29 is 19.5 Å². The van der Waals surface area contributed by atoms with Crippen LogP contribution in [0.25, 0.3) is 0 Å². The Bertz CT molecular complexity index is 278. The van der Waals surface area contributed by atoms with E-state index in [0.717, 1.165) is 0 Å². The Morgan fingerprint density at radius 1 is 1.31 bits per heavy atom. The van der Waals surface area contributed by atoms with Crippen LogP contribution in [-0.2, 0) is 9.59 Å². The summed E-state index contributed by atoms with van der Waals surface area (Å²) in [5.74, 6) is -1.22. The summed E-state index contributed by atoms with van der Waals surface area (Å²) in [4.78, 5) is 33.9. The number of aliphatic carboxylic acids is 1. The minimum atomic E-state index is -0.989. The molecule has 16 heavy (non-hydrogen) atoms. The molecule has 0 aliphatic rings. The summed E-state index contributed by atoms with van der Waals surface area (Å²) in [6.07, 6.45) is -0.158. The third-order valence-electron chi connectivity index (χ3n) is 1.76. The van der Waals surface area contributed by atoms with Gasteiger partial charge in [-0.15, -0.1) is 0 Å². The molecule has 0 rings (SSSR count). The van der Waals surface area contributed by atoms with E-state index >= 15 is 0 Å². The van der Waals surface area contributed by atoms with Gasteiger partial charge < -0.3 is 20.6 Å². The number of rotatable bonds is 5. The Morgan fingerprint density at radius 2 is 1.88 bits per heavy atom. The van der Waals surface area contributed by atoms with Crippen molar-refractivity contribution >= 4 is 17.9 Å². The standard InChI is InChI=1S/C9H17N3O4/c1-6(4-8(14)15)11-9(16)10-5-7(13)12(2)3/h6H,4-5H2,1-3H3,(H,14,15)(H2,10,11,16). The minimum absolute atomic E-state index is 0.112. The quantitative estimate of drug-likeness (QED) is 0.579. The molecule has 3 amide bonds. The number of nitrogens with zero attached hydrogens (tertiary/aromatic N) is 1. The Morgan fingerprint density at radius 3 is 2.31 bits per heavy atom. The molecule has 0 heterocycles. The van der Waals surface area contributed by atoms with Gasteiger partial charge in [0, 0.05) is 20.1 Å². The number of carbonyl (C=O) groups is 3. The van der Waals surface area contributed by atoms with Crippen molar-refractivity contribution in [3.05, 3.63) is 0 Å². The molecule has 92 valence electrons. The smallest absolute Gasteiger partial charge is 0.315 e. The van der Waals surface area contributed by atoms with Gasteiger partial charge in [-0.3, -0.25) is 9.59 Å². The predicted molar refractivity (Wildman–Crippen MR) is 56.9 cm³/mol. The Kier molecular flexibility index (Phi) is 5.91. The normalized spacial score (nSPS) is 11.4. The van der Waals surface area contributed by atoms with Gasteiger partial charge in [-0.05, 0) is 6.92 Å². The maximum absolute atomic E-state index is 11.2. The van der Waals surface area contributed by atoms with Crippen molar-refractivity contribution in [3.63, 3.8) is 0 Å². The van der Waals surface area contributed by atoms with E-state index < -0.39 is 18.0 Å². The third kappa shape index (κ3) is 6.63. The van der Waals surface area contributed by atoms with Gasteiger partial charge >= 0.3 is 12.0 Å². The second kappa shape index (κ2) is 6.65. The maximum Gasteiger partial charge on any atom is 0.315 e. The average molecular weight is 231 g/mol. The molecule has 0 aliphatic heterocycles. The Labute approximate surface area is 93.8 Å². The molecule has 0 aromatic carbocycles. The van der Waals surface area contributed by atoms with Crippen LogP contribution in [0.15, 0.2) is 0 Å². The lowest BCUT2D eigenvalue weighted by Crippen LogP contribution is -2.45. The van der Waals surface area contributed by atoms with Crippen LogP contribution in [-0.4, -0.2) is 54.6 Å². The van der Waals surface area contributed by atoms with Crippen LogP contribution in [0.5, 0.6) is 0 Å². The molecule has 0 saturated heterocycles. The van der Waals surface area contributed by atoms with E-state index in [1.165, 1.54) is 4.90 Å². The van der Waals surface area contributed by atoms with E-state index in [9.17, 15) is 14.4 Å². The molecular formula is C9H17N3O4.